The van der Waals surface area contributed by atoms with Crippen molar-refractivity contribution in [2.24, 2.45) is 5.92 Å². The predicted molar refractivity (Wildman–Crippen MR) is 65.1 cm³/mol. The fraction of sp³-hybridized carbons (Fsp3) is 1.00. The standard InChI is InChI=1S/C13H27NO/c1-5-12-8-6-7-9-13(12)14-10(2)11(3)15-4/h10-14H,5-9H2,1-4H3. The number of ether oxygens (including phenoxy) is 1. The van der Waals surface area contributed by atoms with Crippen LogP contribution in [-0.2, 0) is 4.74 Å². The van der Waals surface area contributed by atoms with Crippen LogP contribution in [0.25, 0.3) is 0 Å². The van der Waals surface area contributed by atoms with Crippen molar-refractivity contribution < 1.29 is 4.74 Å². The third-order valence-corrected chi connectivity index (χ3v) is 3.99. The average molecular weight is 213 g/mol. The molecule has 1 N–H and O–H groups in total. The maximum absolute atomic E-state index is 5.36. The molecular formula is C13H27NO. The smallest absolute Gasteiger partial charge is 0.0693 e. The van der Waals surface area contributed by atoms with E-state index in [1.165, 1.54) is 32.1 Å². The first kappa shape index (κ1) is 13.0. The zero-order valence-corrected chi connectivity index (χ0v) is 10.8. The molecular weight excluding hydrogens is 186 g/mol. The van der Waals surface area contributed by atoms with Gasteiger partial charge in [-0.1, -0.05) is 26.2 Å². The molecule has 0 aromatic heterocycles. The second-order valence-electron chi connectivity index (χ2n) is 4.96. The lowest BCUT2D eigenvalue weighted by Crippen LogP contribution is -2.47. The summed E-state index contributed by atoms with van der Waals surface area (Å²) in [6.45, 7) is 6.69. The minimum atomic E-state index is 0.310. The fourth-order valence-corrected chi connectivity index (χ4v) is 2.59. The van der Waals surface area contributed by atoms with E-state index in [0.29, 0.717) is 12.1 Å². The van der Waals surface area contributed by atoms with Crippen LogP contribution in [0.15, 0.2) is 0 Å². The van der Waals surface area contributed by atoms with Crippen LogP contribution in [0.4, 0.5) is 0 Å². The topological polar surface area (TPSA) is 21.3 Å². The van der Waals surface area contributed by atoms with Crippen LogP contribution in [0.5, 0.6) is 0 Å². The zero-order chi connectivity index (χ0) is 11.3. The SMILES string of the molecule is CCC1CCCCC1NC(C)C(C)OC. The van der Waals surface area contributed by atoms with Gasteiger partial charge >= 0.3 is 0 Å². The summed E-state index contributed by atoms with van der Waals surface area (Å²) in [6, 6.07) is 1.18. The molecule has 1 fully saturated rings. The Hall–Kier alpha value is -0.0800. The number of nitrogens with one attached hydrogen (secondary N) is 1. The number of hydrogen-bond acceptors (Lipinski definition) is 2. The molecule has 0 aromatic rings. The minimum Gasteiger partial charge on any atom is -0.380 e. The van der Waals surface area contributed by atoms with E-state index in [1.807, 2.05) is 0 Å². The van der Waals surface area contributed by atoms with Crippen LogP contribution in [-0.4, -0.2) is 25.3 Å². The van der Waals surface area contributed by atoms with E-state index in [2.05, 4.69) is 26.1 Å². The highest BCUT2D eigenvalue weighted by molar-refractivity contribution is 4.83. The molecule has 4 unspecified atom stereocenters. The van der Waals surface area contributed by atoms with Crippen molar-refractivity contribution in [3.8, 4) is 0 Å². The summed E-state index contributed by atoms with van der Waals surface area (Å²) >= 11 is 0. The first-order valence-corrected chi connectivity index (χ1v) is 6.47. The van der Waals surface area contributed by atoms with E-state index in [-0.39, 0.29) is 0 Å². The van der Waals surface area contributed by atoms with Crippen LogP contribution in [0.3, 0.4) is 0 Å². The molecule has 0 amide bonds. The maximum Gasteiger partial charge on any atom is 0.0693 e. The summed E-state index contributed by atoms with van der Waals surface area (Å²) in [4.78, 5) is 0. The van der Waals surface area contributed by atoms with E-state index < -0.39 is 0 Å². The molecule has 90 valence electrons. The molecule has 4 atom stereocenters. The van der Waals surface area contributed by atoms with Gasteiger partial charge in [-0.25, -0.2) is 0 Å². The van der Waals surface area contributed by atoms with Crippen molar-refractivity contribution in [3.63, 3.8) is 0 Å². The van der Waals surface area contributed by atoms with Gasteiger partial charge in [-0.15, -0.1) is 0 Å². The Morgan fingerprint density at radius 2 is 1.93 bits per heavy atom. The Labute approximate surface area is 94.8 Å². The molecule has 0 aromatic carbocycles. The van der Waals surface area contributed by atoms with Gasteiger partial charge in [0.1, 0.15) is 0 Å². The van der Waals surface area contributed by atoms with Crippen molar-refractivity contribution in [1.82, 2.24) is 5.32 Å². The summed E-state index contributed by atoms with van der Waals surface area (Å²) in [7, 11) is 1.79. The van der Waals surface area contributed by atoms with Gasteiger partial charge in [-0.05, 0) is 32.6 Å². The van der Waals surface area contributed by atoms with Gasteiger partial charge in [0.05, 0.1) is 6.10 Å². The molecule has 1 aliphatic carbocycles. The molecule has 0 saturated heterocycles. The Morgan fingerprint density at radius 1 is 1.27 bits per heavy atom. The summed E-state index contributed by atoms with van der Waals surface area (Å²) in [5.41, 5.74) is 0. The van der Waals surface area contributed by atoms with Crippen molar-refractivity contribution in [1.29, 1.82) is 0 Å². The molecule has 0 heterocycles. The Kier molecular flexibility index (Phi) is 5.62. The minimum absolute atomic E-state index is 0.310. The molecule has 15 heavy (non-hydrogen) atoms. The average Bonchev–Trinajstić information content (AvgIpc) is 2.28. The maximum atomic E-state index is 5.36. The summed E-state index contributed by atoms with van der Waals surface area (Å²) in [5, 5.41) is 3.75. The molecule has 2 nitrogen and oxygen atoms in total. The quantitative estimate of drug-likeness (QED) is 0.758. The summed E-state index contributed by atoms with van der Waals surface area (Å²) in [5.74, 6) is 0.880. The van der Waals surface area contributed by atoms with Gasteiger partial charge in [0.15, 0.2) is 0 Å². The first-order chi connectivity index (χ1) is 7.19. The molecule has 0 bridgehead atoms. The van der Waals surface area contributed by atoms with Gasteiger partial charge in [-0.3, -0.25) is 0 Å². The van der Waals surface area contributed by atoms with Crippen molar-refractivity contribution >= 4 is 0 Å². The fourth-order valence-electron chi connectivity index (χ4n) is 2.59. The van der Waals surface area contributed by atoms with Crippen LogP contribution in [0.1, 0.15) is 52.9 Å². The zero-order valence-electron chi connectivity index (χ0n) is 10.8. The van der Waals surface area contributed by atoms with E-state index >= 15 is 0 Å². The van der Waals surface area contributed by atoms with Crippen molar-refractivity contribution in [2.75, 3.05) is 7.11 Å². The number of hydrogen-bond donors (Lipinski definition) is 1. The van der Waals surface area contributed by atoms with E-state index in [0.717, 1.165) is 12.0 Å². The normalized spacial score (nSPS) is 31.2. The summed E-state index contributed by atoms with van der Waals surface area (Å²) < 4.78 is 5.36. The molecule has 1 saturated carbocycles. The molecule has 0 radical (unpaired) electrons. The predicted octanol–water partition coefficient (Wildman–Crippen LogP) is 2.97. The molecule has 1 rings (SSSR count). The second-order valence-corrected chi connectivity index (χ2v) is 4.96. The Morgan fingerprint density at radius 3 is 2.53 bits per heavy atom. The lowest BCUT2D eigenvalue weighted by atomic mass is 9.82. The van der Waals surface area contributed by atoms with Gasteiger partial charge in [0.2, 0.25) is 0 Å². The molecule has 1 aliphatic rings. The lowest BCUT2D eigenvalue weighted by Gasteiger charge is -2.35. The highest BCUT2D eigenvalue weighted by Gasteiger charge is 2.25. The van der Waals surface area contributed by atoms with E-state index in [9.17, 15) is 0 Å². The molecule has 0 spiro atoms. The van der Waals surface area contributed by atoms with Crippen molar-refractivity contribution in [3.05, 3.63) is 0 Å². The number of methoxy groups -OCH3 is 1. The van der Waals surface area contributed by atoms with Crippen LogP contribution in [0.2, 0.25) is 0 Å². The van der Waals surface area contributed by atoms with Crippen LogP contribution in [0, 0.1) is 5.92 Å². The van der Waals surface area contributed by atoms with Gasteiger partial charge in [-0.2, -0.15) is 0 Å². The Balaban J connectivity index is 2.40. The number of rotatable bonds is 5. The third kappa shape index (κ3) is 3.76. The highest BCUT2D eigenvalue weighted by atomic mass is 16.5. The lowest BCUT2D eigenvalue weighted by molar-refractivity contribution is 0.0764. The van der Waals surface area contributed by atoms with E-state index in [4.69, 9.17) is 4.74 Å². The largest absolute Gasteiger partial charge is 0.380 e. The monoisotopic (exact) mass is 213 g/mol. The van der Waals surface area contributed by atoms with Gasteiger partial charge < -0.3 is 10.1 Å². The van der Waals surface area contributed by atoms with Gasteiger partial charge in [0.25, 0.3) is 0 Å². The van der Waals surface area contributed by atoms with Gasteiger partial charge in [0, 0.05) is 19.2 Å². The van der Waals surface area contributed by atoms with Crippen molar-refractivity contribution in [2.45, 2.75) is 71.1 Å². The third-order valence-electron chi connectivity index (χ3n) is 3.99. The Bertz CT molecular complexity index is 172. The highest BCUT2D eigenvalue weighted by Crippen LogP contribution is 2.27. The molecule has 2 heteroatoms. The van der Waals surface area contributed by atoms with E-state index in [1.54, 1.807) is 7.11 Å². The molecule has 0 aliphatic heterocycles. The van der Waals surface area contributed by atoms with Crippen LogP contribution >= 0.6 is 0 Å². The second kappa shape index (κ2) is 6.49. The summed E-state index contributed by atoms with van der Waals surface area (Å²) in [6.07, 6.45) is 7.19. The van der Waals surface area contributed by atoms with Crippen LogP contribution < -0.4 is 5.32 Å². The first-order valence-electron chi connectivity index (χ1n) is 6.47.